The summed E-state index contributed by atoms with van der Waals surface area (Å²) in [4.78, 5) is 12.5. The molecule has 2 aromatic rings. The van der Waals surface area contributed by atoms with E-state index in [0.717, 1.165) is 38.1 Å². The van der Waals surface area contributed by atoms with E-state index in [2.05, 4.69) is 27.8 Å². The minimum absolute atomic E-state index is 0.0804. The fourth-order valence-corrected chi connectivity index (χ4v) is 3.59. The Kier molecular flexibility index (Phi) is 8.35. The van der Waals surface area contributed by atoms with Crippen LogP contribution in [0, 0.1) is 0 Å². The fraction of sp³-hybridized carbons (Fsp3) is 0.375. The van der Waals surface area contributed by atoms with Crippen molar-refractivity contribution < 1.29 is 22.7 Å². The van der Waals surface area contributed by atoms with Gasteiger partial charge in [0.15, 0.2) is 0 Å². The minimum atomic E-state index is -4.52. The Balaban J connectivity index is 1.65. The Labute approximate surface area is 191 Å². The molecule has 0 saturated carbocycles. The van der Waals surface area contributed by atoms with Crippen molar-refractivity contribution in [3.63, 3.8) is 0 Å². The number of benzene rings is 2. The zero-order chi connectivity index (χ0) is 23.8. The van der Waals surface area contributed by atoms with Gasteiger partial charge in [-0.05, 0) is 62.3 Å². The van der Waals surface area contributed by atoms with Crippen LogP contribution in [0.3, 0.4) is 0 Å². The zero-order valence-corrected chi connectivity index (χ0v) is 18.5. The minimum Gasteiger partial charge on any atom is -0.492 e. The highest BCUT2D eigenvalue weighted by molar-refractivity contribution is 6.04. The molecule has 4 N–H and O–H groups in total. The fourth-order valence-electron chi connectivity index (χ4n) is 3.59. The molecule has 0 bridgehead atoms. The lowest BCUT2D eigenvalue weighted by atomic mass is 10.1. The van der Waals surface area contributed by atoms with Gasteiger partial charge in [-0.15, -0.1) is 0 Å². The van der Waals surface area contributed by atoms with Crippen LogP contribution in [0.4, 0.5) is 18.9 Å². The molecule has 6 nitrogen and oxygen atoms in total. The van der Waals surface area contributed by atoms with Crippen molar-refractivity contribution in [3.05, 3.63) is 65.7 Å². The van der Waals surface area contributed by atoms with E-state index in [9.17, 15) is 18.0 Å². The second kappa shape index (κ2) is 11.2. The van der Waals surface area contributed by atoms with Crippen LogP contribution < -0.4 is 26.0 Å². The van der Waals surface area contributed by atoms with Crippen LogP contribution in [0.5, 0.6) is 5.75 Å². The van der Waals surface area contributed by atoms with Crippen LogP contribution in [-0.4, -0.2) is 45.2 Å². The summed E-state index contributed by atoms with van der Waals surface area (Å²) in [5.74, 6) is -0.0412. The maximum Gasteiger partial charge on any atom is 0.416 e. The number of halogens is 3. The summed E-state index contributed by atoms with van der Waals surface area (Å²) in [6.07, 6.45) is -2.35. The molecule has 0 atom stereocenters. The molecule has 0 spiro atoms. The van der Waals surface area contributed by atoms with E-state index in [1.54, 1.807) is 25.2 Å². The first-order valence-corrected chi connectivity index (χ1v) is 10.8. The Bertz CT molecular complexity index is 972. The van der Waals surface area contributed by atoms with Gasteiger partial charge in [0.05, 0.1) is 5.56 Å². The predicted octanol–water partition coefficient (Wildman–Crippen LogP) is 3.87. The highest BCUT2D eigenvalue weighted by Crippen LogP contribution is 2.30. The summed E-state index contributed by atoms with van der Waals surface area (Å²) in [5.41, 5.74) is 0.709. The quantitative estimate of drug-likeness (QED) is 0.426. The molecule has 0 aromatic heterocycles. The van der Waals surface area contributed by atoms with Gasteiger partial charge in [-0.3, -0.25) is 4.79 Å². The van der Waals surface area contributed by atoms with Crippen molar-refractivity contribution in [2.75, 3.05) is 38.6 Å². The number of carbonyl (C=O) groups is 1. The lowest BCUT2D eigenvalue weighted by molar-refractivity contribution is -0.137. The topological polar surface area (TPSA) is 74.4 Å². The standard InChI is InChI=1S/C24H29F3N4O2/c1-16(28-2)21-15-20(31-23(32)17-4-3-5-18(14-17)24(25,26)27)6-7-22(21)33-13-12-30-19-8-10-29-11-9-19/h3-7,14-15,19,28-30H,1,8-13H2,2H3,(H,31,32). The van der Waals surface area contributed by atoms with E-state index >= 15 is 0 Å². The van der Waals surface area contributed by atoms with E-state index in [1.165, 1.54) is 12.1 Å². The van der Waals surface area contributed by atoms with Gasteiger partial charge in [-0.25, -0.2) is 0 Å². The molecular formula is C24H29F3N4O2. The van der Waals surface area contributed by atoms with Crippen LogP contribution in [-0.2, 0) is 6.18 Å². The lowest BCUT2D eigenvalue weighted by Crippen LogP contribution is -2.41. The van der Waals surface area contributed by atoms with Crippen LogP contribution in [0.25, 0.3) is 5.70 Å². The summed E-state index contributed by atoms with van der Waals surface area (Å²) in [7, 11) is 1.72. The number of alkyl halides is 3. The monoisotopic (exact) mass is 462 g/mol. The highest BCUT2D eigenvalue weighted by Gasteiger charge is 2.30. The Morgan fingerprint density at radius 1 is 1.18 bits per heavy atom. The molecule has 1 heterocycles. The molecule has 9 heteroatoms. The van der Waals surface area contributed by atoms with Gasteiger partial charge < -0.3 is 26.0 Å². The number of hydrogen-bond acceptors (Lipinski definition) is 5. The van der Waals surface area contributed by atoms with Gasteiger partial charge >= 0.3 is 6.18 Å². The molecular weight excluding hydrogens is 433 g/mol. The maximum absolute atomic E-state index is 12.9. The lowest BCUT2D eigenvalue weighted by Gasteiger charge is -2.24. The van der Waals surface area contributed by atoms with Gasteiger partial charge in [0.2, 0.25) is 0 Å². The third-order valence-corrected chi connectivity index (χ3v) is 5.45. The van der Waals surface area contributed by atoms with Crippen LogP contribution >= 0.6 is 0 Å². The Hall–Kier alpha value is -3.04. The summed E-state index contributed by atoms with van der Waals surface area (Å²) < 4.78 is 44.8. The molecule has 1 saturated heterocycles. The van der Waals surface area contributed by atoms with E-state index < -0.39 is 17.6 Å². The van der Waals surface area contributed by atoms with Gasteiger partial charge in [-0.1, -0.05) is 12.6 Å². The SMILES string of the molecule is C=C(NC)c1cc(NC(=O)c2cccc(C(F)(F)F)c2)ccc1OCCNC1CCNCC1. The number of ether oxygens (including phenoxy) is 1. The number of amides is 1. The van der Waals surface area contributed by atoms with Gasteiger partial charge in [0.25, 0.3) is 5.91 Å². The number of anilines is 1. The van der Waals surface area contributed by atoms with Crippen molar-refractivity contribution >= 4 is 17.3 Å². The smallest absolute Gasteiger partial charge is 0.416 e. The van der Waals surface area contributed by atoms with E-state index in [0.29, 0.717) is 41.9 Å². The van der Waals surface area contributed by atoms with Crippen LogP contribution in [0.1, 0.15) is 34.3 Å². The third kappa shape index (κ3) is 6.97. The third-order valence-electron chi connectivity index (χ3n) is 5.45. The first kappa shape index (κ1) is 24.6. The normalized spacial score (nSPS) is 14.5. The zero-order valence-electron chi connectivity index (χ0n) is 18.5. The molecule has 2 aromatic carbocycles. The number of rotatable bonds is 9. The second-order valence-corrected chi connectivity index (χ2v) is 7.80. The molecule has 0 unspecified atom stereocenters. The number of nitrogens with one attached hydrogen (secondary N) is 4. The largest absolute Gasteiger partial charge is 0.492 e. The molecule has 1 fully saturated rings. The average Bonchev–Trinajstić information content (AvgIpc) is 2.82. The molecule has 1 amide bonds. The van der Waals surface area contributed by atoms with Gasteiger partial charge in [0, 0.05) is 42.1 Å². The number of carbonyl (C=O) groups excluding carboxylic acids is 1. The van der Waals surface area contributed by atoms with Crippen molar-refractivity contribution in [3.8, 4) is 5.75 Å². The summed E-state index contributed by atoms with van der Waals surface area (Å²) in [5, 5.41) is 12.4. The van der Waals surface area contributed by atoms with Crippen molar-refractivity contribution in [1.82, 2.24) is 16.0 Å². The first-order valence-electron chi connectivity index (χ1n) is 10.8. The van der Waals surface area contributed by atoms with Crippen LogP contribution in [0.2, 0.25) is 0 Å². The summed E-state index contributed by atoms with van der Waals surface area (Å²) in [6.45, 7) is 7.16. The van der Waals surface area contributed by atoms with Gasteiger partial charge in [0.1, 0.15) is 12.4 Å². The van der Waals surface area contributed by atoms with Crippen molar-refractivity contribution in [2.45, 2.75) is 25.1 Å². The molecule has 178 valence electrons. The van der Waals surface area contributed by atoms with E-state index in [1.807, 2.05) is 0 Å². The molecule has 1 aliphatic rings. The summed E-state index contributed by atoms with van der Waals surface area (Å²) in [6, 6.07) is 9.83. The highest BCUT2D eigenvalue weighted by atomic mass is 19.4. The Morgan fingerprint density at radius 2 is 1.94 bits per heavy atom. The second-order valence-electron chi connectivity index (χ2n) is 7.80. The van der Waals surface area contributed by atoms with E-state index in [4.69, 9.17) is 4.74 Å². The average molecular weight is 463 g/mol. The van der Waals surface area contributed by atoms with Crippen LogP contribution in [0.15, 0.2) is 49.0 Å². The molecule has 0 aliphatic carbocycles. The predicted molar refractivity (Wildman–Crippen MR) is 123 cm³/mol. The van der Waals surface area contributed by atoms with Crippen molar-refractivity contribution in [2.24, 2.45) is 0 Å². The molecule has 0 radical (unpaired) electrons. The number of piperidine rings is 1. The first-order chi connectivity index (χ1) is 15.8. The Morgan fingerprint density at radius 3 is 2.64 bits per heavy atom. The summed E-state index contributed by atoms with van der Waals surface area (Å²) >= 11 is 0. The van der Waals surface area contributed by atoms with Gasteiger partial charge in [-0.2, -0.15) is 13.2 Å². The van der Waals surface area contributed by atoms with Crippen molar-refractivity contribution in [1.29, 1.82) is 0 Å². The molecule has 3 rings (SSSR count). The van der Waals surface area contributed by atoms with E-state index in [-0.39, 0.29) is 5.56 Å². The maximum atomic E-state index is 12.9. The molecule has 1 aliphatic heterocycles. The molecule has 33 heavy (non-hydrogen) atoms. The number of hydrogen-bond donors (Lipinski definition) is 4.